The van der Waals surface area contributed by atoms with E-state index >= 15 is 0 Å². The van der Waals surface area contributed by atoms with E-state index in [4.69, 9.17) is 4.74 Å². The van der Waals surface area contributed by atoms with Crippen molar-refractivity contribution in [1.29, 1.82) is 0 Å². The number of benzene rings is 1. The van der Waals surface area contributed by atoms with E-state index in [1.807, 2.05) is 22.9 Å². The molecule has 0 radical (unpaired) electrons. The van der Waals surface area contributed by atoms with Crippen LogP contribution in [-0.4, -0.2) is 40.1 Å². The minimum atomic E-state index is -0.231. The average molecular weight is 456 g/mol. The van der Waals surface area contributed by atoms with E-state index in [0.29, 0.717) is 29.9 Å². The van der Waals surface area contributed by atoms with E-state index in [1.54, 1.807) is 25.7 Å². The van der Waals surface area contributed by atoms with E-state index in [2.05, 4.69) is 20.6 Å². The zero-order valence-electron chi connectivity index (χ0n) is 18.5. The van der Waals surface area contributed by atoms with Gasteiger partial charge in [-0.15, -0.1) is 11.3 Å². The Balaban J connectivity index is 1.64. The van der Waals surface area contributed by atoms with Crippen molar-refractivity contribution in [3.8, 4) is 0 Å². The van der Waals surface area contributed by atoms with Gasteiger partial charge in [-0.2, -0.15) is 0 Å². The summed E-state index contributed by atoms with van der Waals surface area (Å²) in [6.07, 6.45) is 8.62. The summed E-state index contributed by atoms with van der Waals surface area (Å²) in [5.41, 5.74) is 2.45. The molecule has 8 nitrogen and oxygen atoms in total. The lowest BCUT2D eigenvalue weighted by Crippen LogP contribution is -2.28. The van der Waals surface area contributed by atoms with E-state index in [-0.39, 0.29) is 23.8 Å². The van der Waals surface area contributed by atoms with Crippen LogP contribution in [0.15, 0.2) is 30.0 Å². The lowest BCUT2D eigenvalue weighted by atomic mass is 9.88. The fourth-order valence-corrected chi connectivity index (χ4v) is 4.85. The van der Waals surface area contributed by atoms with Crippen molar-refractivity contribution in [2.45, 2.75) is 51.6 Å². The van der Waals surface area contributed by atoms with Gasteiger partial charge in [0.05, 0.1) is 35.6 Å². The number of thiazole rings is 1. The fourth-order valence-electron chi connectivity index (χ4n) is 4.21. The summed E-state index contributed by atoms with van der Waals surface area (Å²) in [6, 6.07) is 3.35. The third kappa shape index (κ3) is 4.99. The molecule has 1 aliphatic carbocycles. The zero-order valence-corrected chi connectivity index (χ0v) is 19.3. The summed E-state index contributed by atoms with van der Waals surface area (Å²) in [5, 5.41) is 8.78. The standard InChI is InChI=1S/C23H29N5O3S/c1-15(23-24-8-11-32-23)26-22(30)18-12-17(27-21(29)16-6-4-3-5-7-16)13-19-20(18)28(14-25-19)9-10-31-2/h8,11-16H,3-7,9-10H2,1-2H3,(H,26,30)(H,27,29). The van der Waals surface area contributed by atoms with Crippen LogP contribution < -0.4 is 10.6 Å². The molecule has 32 heavy (non-hydrogen) atoms. The molecule has 2 aromatic heterocycles. The molecule has 0 saturated heterocycles. The highest BCUT2D eigenvalue weighted by atomic mass is 32.1. The molecule has 1 fully saturated rings. The Morgan fingerprint density at radius 2 is 2.06 bits per heavy atom. The highest BCUT2D eigenvalue weighted by Crippen LogP contribution is 2.28. The topological polar surface area (TPSA) is 98.1 Å². The number of carbonyl (C=O) groups is 2. The third-order valence-electron chi connectivity index (χ3n) is 5.91. The van der Waals surface area contributed by atoms with Crippen molar-refractivity contribution >= 4 is 39.9 Å². The number of nitrogens with zero attached hydrogens (tertiary/aromatic N) is 3. The Morgan fingerprint density at radius 3 is 2.78 bits per heavy atom. The first-order valence-corrected chi connectivity index (χ1v) is 11.9. The predicted octanol–water partition coefficient (Wildman–Crippen LogP) is 4.15. The van der Waals surface area contributed by atoms with Crippen LogP contribution >= 0.6 is 11.3 Å². The van der Waals surface area contributed by atoms with E-state index in [1.165, 1.54) is 17.8 Å². The number of imidazole rings is 1. The lowest BCUT2D eigenvalue weighted by molar-refractivity contribution is -0.120. The number of amides is 2. The van der Waals surface area contributed by atoms with E-state index < -0.39 is 0 Å². The zero-order chi connectivity index (χ0) is 22.5. The van der Waals surface area contributed by atoms with Crippen LogP contribution in [0.4, 0.5) is 5.69 Å². The van der Waals surface area contributed by atoms with Gasteiger partial charge in [-0.3, -0.25) is 9.59 Å². The molecule has 1 aromatic carbocycles. The maximum atomic E-state index is 13.3. The predicted molar refractivity (Wildman–Crippen MR) is 125 cm³/mol. The monoisotopic (exact) mass is 455 g/mol. The van der Waals surface area contributed by atoms with Crippen LogP contribution in [0.5, 0.6) is 0 Å². The Hall–Kier alpha value is -2.78. The summed E-state index contributed by atoms with van der Waals surface area (Å²) in [4.78, 5) is 34.9. The maximum absolute atomic E-state index is 13.3. The highest BCUT2D eigenvalue weighted by molar-refractivity contribution is 7.09. The number of methoxy groups -OCH3 is 1. The van der Waals surface area contributed by atoms with Crippen LogP contribution in [0.1, 0.15) is 60.4 Å². The van der Waals surface area contributed by atoms with Crippen LogP contribution in [0.2, 0.25) is 0 Å². The molecule has 1 aliphatic rings. The van der Waals surface area contributed by atoms with Crippen molar-refractivity contribution in [2.24, 2.45) is 5.92 Å². The maximum Gasteiger partial charge on any atom is 0.254 e. The summed E-state index contributed by atoms with van der Waals surface area (Å²) in [5.74, 6) is -0.183. The highest BCUT2D eigenvalue weighted by Gasteiger charge is 2.23. The van der Waals surface area contributed by atoms with Crippen LogP contribution in [0, 0.1) is 5.92 Å². The van der Waals surface area contributed by atoms with Gasteiger partial charge in [0.15, 0.2) is 0 Å². The van der Waals surface area contributed by atoms with E-state index in [0.717, 1.165) is 36.2 Å². The number of nitrogens with one attached hydrogen (secondary N) is 2. The molecule has 0 aliphatic heterocycles. The second kappa shape index (κ2) is 10.2. The number of aromatic nitrogens is 3. The van der Waals surface area contributed by atoms with Crippen molar-refractivity contribution < 1.29 is 14.3 Å². The van der Waals surface area contributed by atoms with Gasteiger partial charge in [0.2, 0.25) is 5.91 Å². The normalized spacial score (nSPS) is 15.6. The summed E-state index contributed by atoms with van der Waals surface area (Å²) >= 11 is 1.50. The first-order chi connectivity index (χ1) is 15.6. The van der Waals surface area contributed by atoms with Crippen molar-refractivity contribution in [3.05, 3.63) is 40.6 Å². The Kier molecular flexibility index (Phi) is 7.16. The van der Waals surface area contributed by atoms with Gasteiger partial charge < -0.3 is 19.9 Å². The molecule has 1 saturated carbocycles. The van der Waals surface area contributed by atoms with Gasteiger partial charge in [-0.1, -0.05) is 19.3 Å². The van der Waals surface area contributed by atoms with Gasteiger partial charge in [-0.25, -0.2) is 9.97 Å². The summed E-state index contributed by atoms with van der Waals surface area (Å²) in [7, 11) is 1.64. The molecule has 2 amide bonds. The summed E-state index contributed by atoms with van der Waals surface area (Å²) < 4.78 is 7.12. The number of carbonyl (C=O) groups excluding carboxylic acids is 2. The minimum absolute atomic E-state index is 0.0189. The molecule has 170 valence electrons. The summed E-state index contributed by atoms with van der Waals surface area (Å²) in [6.45, 7) is 2.98. The largest absolute Gasteiger partial charge is 0.383 e. The molecule has 0 bridgehead atoms. The molecule has 0 spiro atoms. The van der Waals surface area contributed by atoms with Crippen LogP contribution in [0.25, 0.3) is 11.0 Å². The lowest BCUT2D eigenvalue weighted by Gasteiger charge is -2.21. The molecule has 4 rings (SSSR count). The number of anilines is 1. The number of ether oxygens (including phenoxy) is 1. The van der Waals surface area contributed by atoms with Crippen molar-refractivity contribution in [3.63, 3.8) is 0 Å². The molecule has 1 atom stereocenters. The van der Waals surface area contributed by atoms with Crippen LogP contribution in [0.3, 0.4) is 0 Å². The second-order valence-electron chi connectivity index (χ2n) is 8.21. The Labute approximate surface area is 191 Å². The van der Waals surface area contributed by atoms with Gasteiger partial charge in [0, 0.05) is 36.8 Å². The Bertz CT molecular complexity index is 1070. The van der Waals surface area contributed by atoms with Crippen molar-refractivity contribution in [1.82, 2.24) is 19.9 Å². The minimum Gasteiger partial charge on any atom is -0.383 e. The quantitative estimate of drug-likeness (QED) is 0.532. The number of fused-ring (bicyclic) bond motifs is 1. The van der Waals surface area contributed by atoms with Gasteiger partial charge in [0.1, 0.15) is 5.01 Å². The third-order valence-corrected chi connectivity index (χ3v) is 6.87. The Morgan fingerprint density at radius 1 is 1.25 bits per heavy atom. The molecule has 1 unspecified atom stereocenters. The average Bonchev–Trinajstić information content (AvgIpc) is 3.48. The van der Waals surface area contributed by atoms with Gasteiger partial charge in [0.25, 0.3) is 5.91 Å². The van der Waals surface area contributed by atoms with E-state index in [9.17, 15) is 9.59 Å². The number of rotatable bonds is 8. The molecule has 3 aromatic rings. The smallest absolute Gasteiger partial charge is 0.254 e. The van der Waals surface area contributed by atoms with Gasteiger partial charge in [-0.05, 0) is 31.9 Å². The molecule has 2 heterocycles. The number of hydrogen-bond acceptors (Lipinski definition) is 6. The first-order valence-electron chi connectivity index (χ1n) is 11.1. The molecule has 9 heteroatoms. The SMILES string of the molecule is COCCn1cnc2cc(NC(=O)C3CCCCC3)cc(C(=O)NC(C)c3nccs3)c21. The fraction of sp³-hybridized carbons (Fsp3) is 0.478. The first kappa shape index (κ1) is 22.4. The molecular formula is C23H29N5O3S. The molecule has 2 N–H and O–H groups in total. The van der Waals surface area contributed by atoms with Crippen molar-refractivity contribution in [2.75, 3.05) is 19.0 Å². The van der Waals surface area contributed by atoms with Crippen LogP contribution in [-0.2, 0) is 16.1 Å². The second-order valence-corrected chi connectivity index (χ2v) is 9.14. The van der Waals surface area contributed by atoms with Gasteiger partial charge >= 0.3 is 0 Å². The molecular weight excluding hydrogens is 426 g/mol. The number of hydrogen-bond donors (Lipinski definition) is 2.